The number of hydrogen-bond donors (Lipinski definition) is 2. The van der Waals surface area contributed by atoms with Gasteiger partial charge in [-0.2, -0.15) is 0 Å². The van der Waals surface area contributed by atoms with Crippen LogP contribution in [0.5, 0.6) is 0 Å². The Bertz CT molecular complexity index is 1240. The van der Waals surface area contributed by atoms with Crippen LogP contribution in [0, 0.1) is 5.82 Å². The van der Waals surface area contributed by atoms with Crippen LogP contribution in [0.3, 0.4) is 0 Å². The zero-order valence-corrected chi connectivity index (χ0v) is 18.8. The number of halogens is 2. The molecule has 2 fully saturated rings. The lowest BCUT2D eigenvalue weighted by molar-refractivity contribution is -0.123. The monoisotopic (exact) mass is 475 g/mol. The molecule has 2 saturated heterocycles. The standard InChI is InChI=1S/C22H23ClFN5O4/c1-9-7-31-10(2)21-27-19-13(24)3-11(4-15(19)29(9)21)18-12(23)6-25-22(28-18)26-14-5-17-32-8-16(33-17)20(14)30/h3-4,6,9-10,14,16-17,20,30H,5,7-8H2,1-2H3,(H,25,26,28)/t9?,10?,14-,16+,17+,20+/m1/s1. The van der Waals surface area contributed by atoms with Crippen LogP contribution >= 0.6 is 11.6 Å². The smallest absolute Gasteiger partial charge is 0.223 e. The van der Waals surface area contributed by atoms with Gasteiger partial charge in [0.15, 0.2) is 12.1 Å². The van der Waals surface area contributed by atoms with Crippen molar-refractivity contribution in [2.75, 3.05) is 18.5 Å². The summed E-state index contributed by atoms with van der Waals surface area (Å²) in [7, 11) is 0. The fraction of sp³-hybridized carbons (Fsp3) is 0.500. The molecule has 3 aliphatic heterocycles. The van der Waals surface area contributed by atoms with Gasteiger partial charge in [-0.25, -0.2) is 19.3 Å². The van der Waals surface area contributed by atoms with Gasteiger partial charge in [-0.05, 0) is 26.0 Å². The van der Waals surface area contributed by atoms with Gasteiger partial charge in [0.2, 0.25) is 5.95 Å². The van der Waals surface area contributed by atoms with E-state index in [4.69, 9.17) is 25.8 Å². The molecule has 0 saturated carbocycles. The number of benzene rings is 1. The second-order valence-electron chi connectivity index (χ2n) is 8.80. The molecule has 33 heavy (non-hydrogen) atoms. The van der Waals surface area contributed by atoms with Crippen molar-refractivity contribution in [3.63, 3.8) is 0 Å². The number of aliphatic hydroxyl groups is 1. The summed E-state index contributed by atoms with van der Waals surface area (Å²) in [5.41, 5.74) is 1.86. The van der Waals surface area contributed by atoms with Crippen LogP contribution in [-0.2, 0) is 14.2 Å². The van der Waals surface area contributed by atoms with E-state index in [1.807, 2.05) is 24.5 Å². The van der Waals surface area contributed by atoms with E-state index in [-0.39, 0.29) is 36.5 Å². The molecule has 5 heterocycles. The van der Waals surface area contributed by atoms with E-state index in [2.05, 4.69) is 20.3 Å². The molecule has 6 atom stereocenters. The summed E-state index contributed by atoms with van der Waals surface area (Å²) in [6.07, 6.45) is 0.200. The molecule has 6 rings (SSSR count). The fourth-order valence-corrected chi connectivity index (χ4v) is 5.02. The molecule has 2 unspecified atom stereocenters. The highest BCUT2D eigenvalue weighted by Crippen LogP contribution is 2.36. The van der Waals surface area contributed by atoms with E-state index in [1.54, 1.807) is 0 Å². The number of aliphatic hydroxyl groups excluding tert-OH is 1. The number of aromatic nitrogens is 4. The Morgan fingerprint density at radius 3 is 2.91 bits per heavy atom. The average Bonchev–Trinajstić information content (AvgIpc) is 3.39. The molecule has 3 aromatic rings. The number of ether oxygens (including phenoxy) is 3. The first kappa shape index (κ1) is 21.2. The Kier molecular flexibility index (Phi) is 5.04. The van der Waals surface area contributed by atoms with Gasteiger partial charge < -0.3 is 29.2 Å². The SMILES string of the molecule is CC1OCC(C)n2c1nc1c(F)cc(-c3nc(N[C@@H]4C[C@H]5OC[C@H](O5)[C@H]4O)ncc3Cl)cc12. The van der Waals surface area contributed by atoms with Crippen LogP contribution in [0.1, 0.15) is 38.2 Å². The number of nitrogens with zero attached hydrogens (tertiary/aromatic N) is 4. The van der Waals surface area contributed by atoms with Gasteiger partial charge in [0.05, 0.1) is 47.7 Å². The zero-order chi connectivity index (χ0) is 22.9. The zero-order valence-electron chi connectivity index (χ0n) is 18.0. The Morgan fingerprint density at radius 1 is 1.21 bits per heavy atom. The van der Waals surface area contributed by atoms with Gasteiger partial charge in [0, 0.05) is 12.0 Å². The van der Waals surface area contributed by atoms with Gasteiger partial charge in [0.25, 0.3) is 0 Å². The van der Waals surface area contributed by atoms with Gasteiger partial charge >= 0.3 is 0 Å². The first-order valence-electron chi connectivity index (χ1n) is 11.0. The van der Waals surface area contributed by atoms with Crippen molar-refractivity contribution in [2.45, 2.75) is 57.0 Å². The summed E-state index contributed by atoms with van der Waals surface area (Å²) in [6.45, 7) is 4.79. The number of imidazole rings is 1. The van der Waals surface area contributed by atoms with Crippen LogP contribution in [-0.4, -0.2) is 62.4 Å². The van der Waals surface area contributed by atoms with Crippen LogP contribution in [0.4, 0.5) is 10.3 Å². The van der Waals surface area contributed by atoms with Gasteiger partial charge in [0.1, 0.15) is 29.7 Å². The van der Waals surface area contributed by atoms with Crippen molar-refractivity contribution in [3.8, 4) is 11.3 Å². The maximum Gasteiger partial charge on any atom is 0.223 e. The Balaban J connectivity index is 1.38. The third kappa shape index (κ3) is 3.48. The quantitative estimate of drug-likeness (QED) is 0.595. The van der Waals surface area contributed by atoms with Gasteiger partial charge in [-0.15, -0.1) is 0 Å². The van der Waals surface area contributed by atoms with E-state index in [9.17, 15) is 5.11 Å². The second kappa shape index (κ2) is 7.85. The van der Waals surface area contributed by atoms with Crippen molar-refractivity contribution in [3.05, 3.63) is 35.0 Å². The van der Waals surface area contributed by atoms with E-state index in [0.29, 0.717) is 52.8 Å². The minimum absolute atomic E-state index is 0.0153. The highest BCUT2D eigenvalue weighted by molar-refractivity contribution is 6.33. The molecule has 1 aromatic carbocycles. The largest absolute Gasteiger partial charge is 0.388 e. The molecule has 2 aromatic heterocycles. The van der Waals surface area contributed by atoms with E-state index in [0.717, 1.165) is 0 Å². The molecular weight excluding hydrogens is 453 g/mol. The number of fused-ring (bicyclic) bond motifs is 5. The summed E-state index contributed by atoms with van der Waals surface area (Å²) in [5.74, 6) is 0.522. The first-order valence-corrected chi connectivity index (χ1v) is 11.3. The van der Waals surface area contributed by atoms with E-state index < -0.39 is 11.9 Å². The highest BCUT2D eigenvalue weighted by Gasteiger charge is 2.43. The van der Waals surface area contributed by atoms with Crippen molar-refractivity contribution < 1.29 is 23.7 Å². The molecule has 0 aliphatic carbocycles. The molecule has 9 nitrogen and oxygen atoms in total. The number of anilines is 1. The van der Waals surface area contributed by atoms with Crippen LogP contribution in [0.25, 0.3) is 22.3 Å². The van der Waals surface area contributed by atoms with Crippen molar-refractivity contribution in [1.29, 1.82) is 0 Å². The third-order valence-corrected chi connectivity index (χ3v) is 6.79. The normalized spacial score (nSPS) is 31.1. The molecule has 2 bridgehead atoms. The van der Waals surface area contributed by atoms with Crippen molar-refractivity contribution in [2.24, 2.45) is 0 Å². The third-order valence-electron chi connectivity index (χ3n) is 6.51. The van der Waals surface area contributed by atoms with Crippen LogP contribution in [0.15, 0.2) is 18.3 Å². The fourth-order valence-electron chi connectivity index (χ4n) is 4.82. The van der Waals surface area contributed by atoms with Crippen molar-refractivity contribution >= 4 is 28.6 Å². The van der Waals surface area contributed by atoms with Gasteiger partial charge in [-0.1, -0.05) is 11.6 Å². The highest BCUT2D eigenvalue weighted by atomic mass is 35.5. The molecule has 0 radical (unpaired) electrons. The molecule has 2 N–H and O–H groups in total. The minimum atomic E-state index is -0.760. The summed E-state index contributed by atoms with van der Waals surface area (Å²) in [6, 6.07) is 2.90. The molecule has 0 spiro atoms. The lowest BCUT2D eigenvalue weighted by atomic mass is 10.0. The minimum Gasteiger partial charge on any atom is -0.388 e. The predicted molar refractivity (Wildman–Crippen MR) is 117 cm³/mol. The van der Waals surface area contributed by atoms with Crippen LogP contribution in [0.2, 0.25) is 5.02 Å². The number of rotatable bonds is 3. The summed E-state index contributed by atoms with van der Waals surface area (Å²) >= 11 is 6.42. The topological polar surface area (TPSA) is 104 Å². The van der Waals surface area contributed by atoms with E-state index >= 15 is 4.39 Å². The lowest BCUT2D eigenvalue weighted by Crippen LogP contribution is -2.48. The maximum atomic E-state index is 15.1. The Labute approximate surface area is 193 Å². The first-order chi connectivity index (χ1) is 15.9. The summed E-state index contributed by atoms with van der Waals surface area (Å²) < 4.78 is 34.0. The average molecular weight is 476 g/mol. The predicted octanol–water partition coefficient (Wildman–Crippen LogP) is 3.22. The maximum absolute atomic E-state index is 15.1. The molecule has 0 amide bonds. The van der Waals surface area contributed by atoms with Crippen LogP contribution < -0.4 is 5.32 Å². The Hall–Kier alpha value is -2.37. The summed E-state index contributed by atoms with van der Waals surface area (Å²) in [5, 5.41) is 14.0. The lowest BCUT2D eigenvalue weighted by Gasteiger charge is -2.32. The number of hydrogen-bond acceptors (Lipinski definition) is 8. The van der Waals surface area contributed by atoms with Crippen molar-refractivity contribution in [1.82, 2.24) is 19.5 Å². The molecule has 3 aliphatic rings. The molecule has 11 heteroatoms. The second-order valence-corrected chi connectivity index (χ2v) is 9.20. The number of nitrogens with one attached hydrogen (secondary N) is 1. The molecule has 174 valence electrons. The Morgan fingerprint density at radius 2 is 2.06 bits per heavy atom. The van der Waals surface area contributed by atoms with Gasteiger partial charge in [-0.3, -0.25) is 0 Å². The summed E-state index contributed by atoms with van der Waals surface area (Å²) in [4.78, 5) is 13.3. The van der Waals surface area contributed by atoms with E-state index in [1.165, 1.54) is 12.3 Å². The molecular formula is C22H23ClFN5O4.